The zero-order valence-corrected chi connectivity index (χ0v) is 8.86. The van der Waals surface area contributed by atoms with Crippen molar-refractivity contribution in [1.82, 2.24) is 0 Å². The number of halogens is 3. The van der Waals surface area contributed by atoms with E-state index in [0.29, 0.717) is 0 Å². The van der Waals surface area contributed by atoms with Gasteiger partial charge in [-0.25, -0.2) is 4.79 Å². The number of alkyl halides is 3. The Morgan fingerprint density at radius 2 is 1.61 bits per heavy atom. The average Bonchev–Trinajstić information content (AvgIpc) is 2.28. The van der Waals surface area contributed by atoms with Crippen molar-refractivity contribution in [3.05, 3.63) is 47.2 Å². The Hall–Kier alpha value is -2.31. The maximum atomic E-state index is 12.3. The van der Waals surface area contributed by atoms with Gasteiger partial charge in [0.15, 0.2) is 0 Å². The first-order valence-corrected chi connectivity index (χ1v) is 4.65. The van der Waals surface area contributed by atoms with Crippen molar-refractivity contribution in [1.29, 1.82) is 0 Å². The fraction of sp³-hybridized carbons (Fsp3) is 0.0909. The van der Waals surface area contributed by atoms with Crippen molar-refractivity contribution in [2.45, 2.75) is 6.18 Å². The lowest BCUT2D eigenvalue weighted by molar-refractivity contribution is -0.133. The van der Waals surface area contributed by atoms with Gasteiger partial charge in [0.2, 0.25) is 5.78 Å². The topological polar surface area (TPSA) is 80.4 Å². The highest BCUT2D eigenvalue weighted by Crippen LogP contribution is 2.25. The minimum absolute atomic E-state index is 0.179. The molecule has 0 heterocycles. The van der Waals surface area contributed by atoms with Crippen LogP contribution in [0.15, 0.2) is 41.6 Å². The number of nitrogens with two attached hydrogens (primary N) is 1. The van der Waals surface area contributed by atoms with Gasteiger partial charge in [-0.05, 0) is 0 Å². The van der Waals surface area contributed by atoms with Gasteiger partial charge >= 0.3 is 12.1 Å². The van der Waals surface area contributed by atoms with Gasteiger partial charge in [-0.1, -0.05) is 30.3 Å². The lowest BCUT2D eigenvalue weighted by Crippen LogP contribution is -2.28. The Morgan fingerprint density at radius 3 is 2.00 bits per heavy atom. The molecule has 0 bridgehead atoms. The largest absolute Gasteiger partial charge is 0.477 e. The van der Waals surface area contributed by atoms with Crippen LogP contribution in [-0.2, 0) is 4.79 Å². The second kappa shape index (κ2) is 4.91. The summed E-state index contributed by atoms with van der Waals surface area (Å²) in [7, 11) is 0. The van der Waals surface area contributed by atoms with Crippen molar-refractivity contribution in [2.24, 2.45) is 5.73 Å². The standard InChI is InChI=1S/C11H8F3NO3/c12-11(13,14)9(15)7(10(17)18)8(16)6-4-2-1-3-5-6/h1-5H,15H2,(H,17,18). The van der Waals surface area contributed by atoms with Crippen LogP contribution in [0.1, 0.15) is 10.4 Å². The monoisotopic (exact) mass is 259 g/mol. The normalized spacial score (nSPS) is 12.8. The summed E-state index contributed by atoms with van der Waals surface area (Å²) in [4.78, 5) is 22.4. The zero-order chi connectivity index (χ0) is 13.9. The second-order valence-electron chi connectivity index (χ2n) is 3.29. The molecule has 1 aromatic rings. The molecule has 0 saturated carbocycles. The summed E-state index contributed by atoms with van der Waals surface area (Å²) in [5.41, 5.74) is 1.12. The van der Waals surface area contributed by atoms with Crippen molar-refractivity contribution in [3.63, 3.8) is 0 Å². The number of carboxylic acid groups (broad SMARTS) is 1. The Bertz CT molecular complexity index is 506. The van der Waals surface area contributed by atoms with E-state index in [1.807, 2.05) is 0 Å². The molecule has 4 nitrogen and oxygen atoms in total. The quantitative estimate of drug-likeness (QED) is 0.375. The van der Waals surface area contributed by atoms with Gasteiger partial charge in [0, 0.05) is 5.56 Å². The van der Waals surface area contributed by atoms with Crippen LogP contribution in [0.2, 0.25) is 0 Å². The number of carbonyl (C=O) groups excluding carboxylic acids is 1. The number of hydrogen-bond acceptors (Lipinski definition) is 3. The summed E-state index contributed by atoms with van der Waals surface area (Å²) >= 11 is 0. The fourth-order valence-corrected chi connectivity index (χ4v) is 1.21. The highest BCUT2D eigenvalue weighted by atomic mass is 19.4. The lowest BCUT2D eigenvalue weighted by atomic mass is 10.0. The molecule has 7 heteroatoms. The third-order valence-corrected chi connectivity index (χ3v) is 2.05. The molecule has 1 aromatic carbocycles. The number of aliphatic carboxylic acids is 1. The molecule has 0 unspecified atom stereocenters. The minimum Gasteiger partial charge on any atom is -0.477 e. The number of ketones is 1. The zero-order valence-electron chi connectivity index (χ0n) is 8.86. The predicted octanol–water partition coefficient (Wildman–Crippen LogP) is 1.73. The fourth-order valence-electron chi connectivity index (χ4n) is 1.21. The summed E-state index contributed by atoms with van der Waals surface area (Å²) < 4.78 is 37.0. The molecule has 0 radical (unpaired) electrons. The molecular formula is C11H8F3NO3. The summed E-state index contributed by atoms with van der Waals surface area (Å²) in [6.45, 7) is 0. The van der Waals surface area contributed by atoms with Crippen LogP contribution in [0.5, 0.6) is 0 Å². The molecule has 0 aromatic heterocycles. The van der Waals surface area contributed by atoms with E-state index in [1.165, 1.54) is 30.3 Å². The van der Waals surface area contributed by atoms with Crippen molar-refractivity contribution < 1.29 is 27.9 Å². The first-order valence-electron chi connectivity index (χ1n) is 4.65. The first kappa shape index (κ1) is 13.8. The molecule has 0 aliphatic heterocycles. The van der Waals surface area contributed by atoms with E-state index in [4.69, 9.17) is 5.11 Å². The average molecular weight is 259 g/mol. The van der Waals surface area contributed by atoms with Crippen LogP contribution in [0.3, 0.4) is 0 Å². The molecule has 0 fully saturated rings. The number of carboxylic acids is 1. The molecule has 0 aliphatic rings. The summed E-state index contributed by atoms with van der Waals surface area (Å²) in [6, 6.07) is 6.74. The molecule has 1 rings (SSSR count). The first-order chi connectivity index (χ1) is 8.25. The molecular weight excluding hydrogens is 251 g/mol. The van der Waals surface area contributed by atoms with Crippen molar-refractivity contribution >= 4 is 11.8 Å². The summed E-state index contributed by atoms with van der Waals surface area (Å²) in [5, 5.41) is 8.68. The maximum Gasteiger partial charge on any atom is 0.431 e. The number of carbonyl (C=O) groups is 2. The van der Waals surface area contributed by atoms with Crippen LogP contribution in [-0.4, -0.2) is 23.0 Å². The molecule has 0 amide bonds. The van der Waals surface area contributed by atoms with Gasteiger partial charge < -0.3 is 10.8 Å². The maximum absolute atomic E-state index is 12.3. The van der Waals surface area contributed by atoms with Gasteiger partial charge in [0.1, 0.15) is 11.3 Å². The molecule has 0 spiro atoms. The Morgan fingerprint density at radius 1 is 1.11 bits per heavy atom. The van der Waals surface area contributed by atoms with Gasteiger partial charge in [-0.3, -0.25) is 4.79 Å². The molecule has 0 atom stereocenters. The Labute approximate surface area is 99.5 Å². The predicted molar refractivity (Wildman–Crippen MR) is 55.7 cm³/mol. The van der Waals surface area contributed by atoms with Gasteiger partial charge in [0.25, 0.3) is 0 Å². The Balaban J connectivity index is 3.33. The highest BCUT2D eigenvalue weighted by Gasteiger charge is 2.39. The van der Waals surface area contributed by atoms with Gasteiger partial charge in [-0.2, -0.15) is 13.2 Å². The van der Waals surface area contributed by atoms with E-state index < -0.39 is 29.2 Å². The van der Waals surface area contributed by atoms with Crippen LogP contribution in [0.25, 0.3) is 0 Å². The highest BCUT2D eigenvalue weighted by molar-refractivity contribution is 6.24. The minimum atomic E-state index is -5.07. The van der Waals surface area contributed by atoms with Crippen molar-refractivity contribution in [2.75, 3.05) is 0 Å². The molecule has 0 saturated heterocycles. The number of benzene rings is 1. The van der Waals surface area contributed by atoms with Crippen LogP contribution in [0.4, 0.5) is 13.2 Å². The van der Waals surface area contributed by atoms with Gasteiger partial charge in [-0.15, -0.1) is 0 Å². The third kappa shape index (κ3) is 2.88. The summed E-state index contributed by atoms with van der Waals surface area (Å²) in [6.07, 6.45) is -5.07. The lowest BCUT2D eigenvalue weighted by Gasteiger charge is -2.10. The van der Waals surface area contributed by atoms with E-state index in [2.05, 4.69) is 5.73 Å². The van der Waals surface area contributed by atoms with Gasteiger partial charge in [0.05, 0.1) is 0 Å². The van der Waals surface area contributed by atoms with Crippen molar-refractivity contribution in [3.8, 4) is 0 Å². The second-order valence-corrected chi connectivity index (χ2v) is 3.29. The van der Waals surface area contributed by atoms with Crippen LogP contribution < -0.4 is 5.73 Å². The van der Waals surface area contributed by atoms with E-state index >= 15 is 0 Å². The number of Topliss-reactive ketones (excluding diaryl/α,β-unsaturated/α-hetero) is 1. The van der Waals surface area contributed by atoms with Crippen LogP contribution in [0, 0.1) is 0 Å². The number of rotatable bonds is 3. The number of hydrogen-bond donors (Lipinski definition) is 2. The van der Waals surface area contributed by atoms with E-state index in [-0.39, 0.29) is 5.56 Å². The molecule has 0 aliphatic carbocycles. The third-order valence-electron chi connectivity index (χ3n) is 2.05. The molecule has 96 valence electrons. The van der Waals surface area contributed by atoms with E-state index in [0.717, 1.165) is 0 Å². The number of allylic oxidation sites excluding steroid dienone is 1. The molecule has 3 N–H and O–H groups in total. The smallest absolute Gasteiger partial charge is 0.431 e. The summed E-state index contributed by atoms with van der Waals surface area (Å²) in [5.74, 6) is -3.29. The van der Waals surface area contributed by atoms with E-state index in [1.54, 1.807) is 0 Å². The van der Waals surface area contributed by atoms with Crippen LogP contribution >= 0.6 is 0 Å². The Kier molecular flexibility index (Phi) is 3.75. The molecule has 18 heavy (non-hydrogen) atoms. The SMILES string of the molecule is NC(=C(C(=O)O)C(=O)c1ccccc1)C(F)(F)F. The van der Waals surface area contributed by atoms with E-state index in [9.17, 15) is 22.8 Å².